The molecule has 1 aromatic heterocycles. The van der Waals surface area contributed by atoms with E-state index in [4.69, 9.17) is 0 Å². The average molecular weight is 292 g/mol. The number of halogens is 1. The smallest absolute Gasteiger partial charge is 0.190 e. The molecular formula is C17H13FN4. The molecule has 0 radical (unpaired) electrons. The van der Waals surface area contributed by atoms with Crippen LogP contribution in [0.5, 0.6) is 0 Å². The largest absolute Gasteiger partial charge is 0.236 e. The van der Waals surface area contributed by atoms with Crippen molar-refractivity contribution < 1.29 is 4.39 Å². The van der Waals surface area contributed by atoms with Crippen LogP contribution in [0.2, 0.25) is 0 Å². The summed E-state index contributed by atoms with van der Waals surface area (Å²) in [7, 11) is 0. The molecule has 2 aromatic carbocycles. The SMILES string of the molecule is CC(c1ccccc1)n1nnc(C#N)c1-c1ccc(F)cc1. The summed E-state index contributed by atoms with van der Waals surface area (Å²) in [5.41, 5.74) is 2.60. The van der Waals surface area contributed by atoms with E-state index in [-0.39, 0.29) is 17.6 Å². The molecule has 0 aliphatic carbocycles. The molecule has 5 heteroatoms. The number of hydrogen-bond donors (Lipinski definition) is 0. The molecule has 4 nitrogen and oxygen atoms in total. The normalized spacial score (nSPS) is 11.9. The van der Waals surface area contributed by atoms with E-state index in [2.05, 4.69) is 10.3 Å². The van der Waals surface area contributed by atoms with Crippen molar-refractivity contribution in [2.24, 2.45) is 0 Å². The Balaban J connectivity index is 2.12. The molecule has 0 aliphatic rings. The molecule has 22 heavy (non-hydrogen) atoms. The topological polar surface area (TPSA) is 54.5 Å². The fourth-order valence-electron chi connectivity index (χ4n) is 2.39. The van der Waals surface area contributed by atoms with Crippen LogP contribution < -0.4 is 0 Å². The Bertz CT molecular complexity index is 816. The molecule has 0 fully saturated rings. The maximum Gasteiger partial charge on any atom is 0.190 e. The van der Waals surface area contributed by atoms with Crippen LogP contribution in [0.1, 0.15) is 24.2 Å². The van der Waals surface area contributed by atoms with Gasteiger partial charge in [0, 0.05) is 5.56 Å². The van der Waals surface area contributed by atoms with Gasteiger partial charge in [-0.05, 0) is 36.8 Å². The second kappa shape index (κ2) is 5.78. The Hall–Kier alpha value is -3.00. The molecule has 0 spiro atoms. The summed E-state index contributed by atoms with van der Waals surface area (Å²) >= 11 is 0. The van der Waals surface area contributed by atoms with Gasteiger partial charge in [0.15, 0.2) is 5.69 Å². The second-order valence-corrected chi connectivity index (χ2v) is 4.94. The molecule has 0 saturated heterocycles. The molecule has 0 amide bonds. The molecule has 1 atom stereocenters. The van der Waals surface area contributed by atoms with Gasteiger partial charge in [0.05, 0.1) is 6.04 Å². The third-order valence-electron chi connectivity index (χ3n) is 3.57. The molecule has 1 unspecified atom stereocenters. The maximum absolute atomic E-state index is 13.1. The Morgan fingerprint density at radius 1 is 1.09 bits per heavy atom. The molecule has 0 aliphatic heterocycles. The zero-order chi connectivity index (χ0) is 15.5. The van der Waals surface area contributed by atoms with Crippen LogP contribution in [-0.2, 0) is 0 Å². The van der Waals surface area contributed by atoms with Crippen LogP contribution in [0.15, 0.2) is 54.6 Å². The van der Waals surface area contributed by atoms with Gasteiger partial charge in [0.25, 0.3) is 0 Å². The Labute approximate surface area is 127 Å². The Morgan fingerprint density at radius 3 is 2.41 bits per heavy atom. The summed E-state index contributed by atoms with van der Waals surface area (Å²) in [4.78, 5) is 0. The summed E-state index contributed by atoms with van der Waals surface area (Å²) in [5.74, 6) is -0.322. The number of aromatic nitrogens is 3. The highest BCUT2D eigenvalue weighted by molar-refractivity contribution is 5.65. The minimum Gasteiger partial charge on any atom is -0.236 e. The molecule has 108 valence electrons. The zero-order valence-electron chi connectivity index (χ0n) is 11.9. The third kappa shape index (κ3) is 2.47. The van der Waals surface area contributed by atoms with Crippen molar-refractivity contribution in [3.63, 3.8) is 0 Å². The molecule has 3 rings (SSSR count). The first kappa shape index (κ1) is 14.0. The fraction of sp³-hybridized carbons (Fsp3) is 0.118. The number of benzene rings is 2. The minimum absolute atomic E-state index is 0.0872. The monoisotopic (exact) mass is 292 g/mol. The lowest BCUT2D eigenvalue weighted by atomic mass is 10.1. The van der Waals surface area contributed by atoms with Gasteiger partial charge < -0.3 is 0 Å². The van der Waals surface area contributed by atoms with Gasteiger partial charge in [-0.2, -0.15) is 5.26 Å². The Morgan fingerprint density at radius 2 is 1.77 bits per heavy atom. The first-order valence-corrected chi connectivity index (χ1v) is 6.87. The molecule has 0 N–H and O–H groups in total. The van der Waals surface area contributed by atoms with Crippen LogP contribution in [0, 0.1) is 17.1 Å². The number of hydrogen-bond acceptors (Lipinski definition) is 3. The van der Waals surface area contributed by atoms with Crippen LogP contribution >= 0.6 is 0 Å². The molecular weight excluding hydrogens is 279 g/mol. The number of rotatable bonds is 3. The fourth-order valence-corrected chi connectivity index (χ4v) is 2.39. The van der Waals surface area contributed by atoms with E-state index < -0.39 is 0 Å². The van der Waals surface area contributed by atoms with Gasteiger partial charge in [0.1, 0.15) is 17.6 Å². The first-order valence-electron chi connectivity index (χ1n) is 6.87. The number of nitrogens with zero attached hydrogens (tertiary/aromatic N) is 4. The van der Waals surface area contributed by atoms with E-state index in [1.165, 1.54) is 12.1 Å². The Kier molecular flexibility index (Phi) is 3.67. The van der Waals surface area contributed by atoms with E-state index in [0.29, 0.717) is 11.3 Å². The first-order chi connectivity index (χ1) is 10.7. The highest BCUT2D eigenvalue weighted by atomic mass is 19.1. The van der Waals surface area contributed by atoms with E-state index in [9.17, 15) is 9.65 Å². The minimum atomic E-state index is -0.322. The van der Waals surface area contributed by atoms with E-state index >= 15 is 0 Å². The third-order valence-corrected chi connectivity index (χ3v) is 3.57. The predicted molar refractivity (Wildman–Crippen MR) is 80.4 cm³/mol. The van der Waals surface area contributed by atoms with Crippen molar-refractivity contribution in [2.75, 3.05) is 0 Å². The number of nitriles is 1. The summed E-state index contributed by atoms with van der Waals surface area (Å²) in [6.07, 6.45) is 0. The van der Waals surface area contributed by atoms with Crippen LogP contribution in [0.3, 0.4) is 0 Å². The van der Waals surface area contributed by atoms with Crippen molar-refractivity contribution >= 4 is 0 Å². The molecule has 3 aromatic rings. The van der Waals surface area contributed by atoms with Gasteiger partial charge in [-0.15, -0.1) is 5.10 Å². The van der Waals surface area contributed by atoms with Crippen LogP contribution in [0.25, 0.3) is 11.3 Å². The molecule has 0 saturated carbocycles. The lowest BCUT2D eigenvalue weighted by Crippen LogP contribution is -2.10. The van der Waals surface area contributed by atoms with Crippen LogP contribution in [-0.4, -0.2) is 15.0 Å². The molecule has 1 heterocycles. The predicted octanol–water partition coefficient (Wildman–Crippen LogP) is 3.57. The van der Waals surface area contributed by atoms with Gasteiger partial charge in [0.2, 0.25) is 0 Å². The highest BCUT2D eigenvalue weighted by Crippen LogP contribution is 2.27. The van der Waals surface area contributed by atoms with E-state index in [1.807, 2.05) is 43.3 Å². The van der Waals surface area contributed by atoms with Crippen molar-refractivity contribution in [2.45, 2.75) is 13.0 Å². The quantitative estimate of drug-likeness (QED) is 0.741. The van der Waals surface area contributed by atoms with Gasteiger partial charge in [-0.25, -0.2) is 9.07 Å². The lowest BCUT2D eigenvalue weighted by Gasteiger charge is -2.15. The summed E-state index contributed by atoms with van der Waals surface area (Å²) in [5, 5.41) is 17.3. The van der Waals surface area contributed by atoms with Crippen molar-refractivity contribution in [1.29, 1.82) is 5.26 Å². The average Bonchev–Trinajstić information content (AvgIpc) is 2.99. The standard InChI is InChI=1S/C17H13FN4/c1-12(13-5-3-2-4-6-13)22-17(16(11-19)20-21-22)14-7-9-15(18)10-8-14/h2-10,12H,1H3. The van der Waals surface area contributed by atoms with Crippen molar-refractivity contribution in [3.8, 4) is 17.3 Å². The summed E-state index contributed by atoms with van der Waals surface area (Å²) in [6, 6.07) is 17.8. The summed E-state index contributed by atoms with van der Waals surface area (Å²) in [6.45, 7) is 1.98. The van der Waals surface area contributed by atoms with Crippen molar-refractivity contribution in [3.05, 3.63) is 71.7 Å². The summed E-state index contributed by atoms with van der Waals surface area (Å²) < 4.78 is 14.8. The zero-order valence-corrected chi connectivity index (χ0v) is 11.9. The second-order valence-electron chi connectivity index (χ2n) is 4.94. The lowest BCUT2D eigenvalue weighted by molar-refractivity contribution is 0.548. The van der Waals surface area contributed by atoms with Crippen LogP contribution in [0.4, 0.5) is 4.39 Å². The van der Waals surface area contributed by atoms with E-state index in [1.54, 1.807) is 16.8 Å². The van der Waals surface area contributed by atoms with Gasteiger partial charge >= 0.3 is 0 Å². The van der Waals surface area contributed by atoms with Gasteiger partial charge in [-0.3, -0.25) is 0 Å². The highest BCUT2D eigenvalue weighted by Gasteiger charge is 2.19. The van der Waals surface area contributed by atoms with Crippen molar-refractivity contribution in [1.82, 2.24) is 15.0 Å². The molecule has 0 bridgehead atoms. The maximum atomic E-state index is 13.1. The van der Waals surface area contributed by atoms with Gasteiger partial charge in [-0.1, -0.05) is 35.5 Å². The van der Waals surface area contributed by atoms with E-state index in [0.717, 1.165) is 5.56 Å².